The van der Waals surface area contributed by atoms with Crippen LogP contribution in [-0.4, -0.2) is 11.9 Å². The lowest BCUT2D eigenvalue weighted by atomic mass is 10.1. The van der Waals surface area contributed by atoms with Crippen molar-refractivity contribution >= 4 is 0 Å². The third-order valence-corrected chi connectivity index (χ3v) is 2.14. The van der Waals surface area contributed by atoms with Crippen molar-refractivity contribution in [1.82, 2.24) is 4.90 Å². The Morgan fingerprint density at radius 1 is 1.18 bits per heavy atom. The summed E-state index contributed by atoms with van der Waals surface area (Å²) < 4.78 is 0. The summed E-state index contributed by atoms with van der Waals surface area (Å²) in [6.45, 7) is 6.44. The van der Waals surface area contributed by atoms with Crippen molar-refractivity contribution in [3.05, 3.63) is 35.2 Å². The van der Waals surface area contributed by atoms with Gasteiger partial charge in [-0.1, -0.05) is 0 Å². The SMILES string of the molecule is CC1=CN(C)C=CC(C)=C1C. The summed E-state index contributed by atoms with van der Waals surface area (Å²) in [4.78, 5) is 2.08. The van der Waals surface area contributed by atoms with Gasteiger partial charge in [0.15, 0.2) is 0 Å². The topological polar surface area (TPSA) is 3.24 Å². The standard InChI is InChI=1S/C10H15N/c1-8-5-6-11(4)7-9(2)10(8)3/h5-7H,1-4H3. The lowest BCUT2D eigenvalue weighted by Gasteiger charge is -2.06. The first-order valence-corrected chi connectivity index (χ1v) is 3.87. The Balaban J connectivity index is 3.06. The van der Waals surface area contributed by atoms with E-state index in [4.69, 9.17) is 0 Å². The van der Waals surface area contributed by atoms with Crippen LogP contribution in [0.5, 0.6) is 0 Å². The molecule has 0 spiro atoms. The molecule has 11 heavy (non-hydrogen) atoms. The lowest BCUT2D eigenvalue weighted by Crippen LogP contribution is -1.99. The van der Waals surface area contributed by atoms with Crippen LogP contribution >= 0.6 is 0 Å². The van der Waals surface area contributed by atoms with Gasteiger partial charge in [0.05, 0.1) is 0 Å². The first-order chi connectivity index (χ1) is 5.11. The number of hydrogen-bond donors (Lipinski definition) is 0. The molecule has 0 fully saturated rings. The van der Waals surface area contributed by atoms with Gasteiger partial charge in [-0.05, 0) is 43.6 Å². The summed E-state index contributed by atoms with van der Waals surface area (Å²) in [6.07, 6.45) is 6.36. The van der Waals surface area contributed by atoms with Gasteiger partial charge in [0.1, 0.15) is 0 Å². The molecule has 1 heterocycles. The predicted octanol–water partition coefficient (Wildman–Crippen LogP) is 2.69. The zero-order valence-electron chi connectivity index (χ0n) is 7.68. The Morgan fingerprint density at radius 3 is 2.45 bits per heavy atom. The number of rotatable bonds is 0. The predicted molar refractivity (Wildman–Crippen MR) is 49.0 cm³/mol. The zero-order valence-corrected chi connectivity index (χ0v) is 7.68. The normalized spacial score (nSPS) is 18.5. The van der Waals surface area contributed by atoms with Gasteiger partial charge in [0.2, 0.25) is 0 Å². The lowest BCUT2D eigenvalue weighted by molar-refractivity contribution is 0.622. The molecule has 0 N–H and O–H groups in total. The van der Waals surface area contributed by atoms with E-state index in [9.17, 15) is 0 Å². The van der Waals surface area contributed by atoms with Crippen molar-refractivity contribution in [2.24, 2.45) is 0 Å². The fourth-order valence-corrected chi connectivity index (χ4v) is 1.11. The Hall–Kier alpha value is -0.980. The molecule has 1 aliphatic heterocycles. The van der Waals surface area contributed by atoms with E-state index in [0.717, 1.165) is 0 Å². The van der Waals surface area contributed by atoms with Crippen molar-refractivity contribution in [2.45, 2.75) is 20.8 Å². The summed E-state index contributed by atoms with van der Waals surface area (Å²) >= 11 is 0. The highest BCUT2D eigenvalue weighted by Crippen LogP contribution is 2.17. The summed E-state index contributed by atoms with van der Waals surface area (Å²) in [5.41, 5.74) is 4.07. The summed E-state index contributed by atoms with van der Waals surface area (Å²) in [6, 6.07) is 0. The van der Waals surface area contributed by atoms with Crippen LogP contribution in [0, 0.1) is 0 Å². The molecule has 1 heteroatoms. The van der Waals surface area contributed by atoms with Crippen molar-refractivity contribution < 1.29 is 0 Å². The second-order valence-electron chi connectivity index (χ2n) is 3.10. The fourth-order valence-electron chi connectivity index (χ4n) is 1.11. The minimum atomic E-state index is 1.34. The minimum absolute atomic E-state index is 1.34. The van der Waals surface area contributed by atoms with Crippen LogP contribution in [0.25, 0.3) is 0 Å². The molecule has 0 aromatic rings. The Morgan fingerprint density at radius 2 is 1.82 bits per heavy atom. The Kier molecular flexibility index (Phi) is 2.18. The van der Waals surface area contributed by atoms with E-state index < -0.39 is 0 Å². The van der Waals surface area contributed by atoms with E-state index in [0.29, 0.717) is 0 Å². The molecule has 0 bridgehead atoms. The molecule has 0 amide bonds. The number of allylic oxidation sites excluding steroid dienone is 4. The van der Waals surface area contributed by atoms with Crippen LogP contribution < -0.4 is 0 Å². The van der Waals surface area contributed by atoms with Gasteiger partial charge in [-0.2, -0.15) is 0 Å². The second-order valence-corrected chi connectivity index (χ2v) is 3.10. The molecule has 0 saturated carbocycles. The monoisotopic (exact) mass is 149 g/mol. The van der Waals surface area contributed by atoms with Gasteiger partial charge in [-0.25, -0.2) is 0 Å². The maximum atomic E-state index is 2.16. The molecule has 60 valence electrons. The molecule has 0 aliphatic carbocycles. The summed E-state index contributed by atoms with van der Waals surface area (Å²) in [5.74, 6) is 0. The van der Waals surface area contributed by atoms with E-state index >= 15 is 0 Å². The molecule has 0 aromatic heterocycles. The first kappa shape index (κ1) is 8.12. The quantitative estimate of drug-likeness (QED) is 0.512. The fraction of sp³-hybridized carbons (Fsp3) is 0.400. The van der Waals surface area contributed by atoms with E-state index in [2.05, 4.69) is 44.1 Å². The van der Waals surface area contributed by atoms with Crippen LogP contribution in [-0.2, 0) is 0 Å². The average molecular weight is 149 g/mol. The molecular formula is C10H15N. The molecule has 0 atom stereocenters. The highest BCUT2D eigenvalue weighted by Gasteiger charge is 2.00. The van der Waals surface area contributed by atoms with Crippen LogP contribution in [0.3, 0.4) is 0 Å². The molecule has 0 aromatic carbocycles. The molecule has 1 nitrogen and oxygen atoms in total. The van der Waals surface area contributed by atoms with Gasteiger partial charge in [-0.15, -0.1) is 0 Å². The molecule has 0 radical (unpaired) electrons. The highest BCUT2D eigenvalue weighted by atomic mass is 15.0. The van der Waals surface area contributed by atoms with Crippen molar-refractivity contribution in [1.29, 1.82) is 0 Å². The smallest absolute Gasteiger partial charge is 0.0106 e. The van der Waals surface area contributed by atoms with Gasteiger partial charge in [-0.3, -0.25) is 0 Å². The third kappa shape index (κ3) is 1.73. The van der Waals surface area contributed by atoms with Crippen LogP contribution in [0.1, 0.15) is 20.8 Å². The van der Waals surface area contributed by atoms with Crippen LogP contribution in [0.15, 0.2) is 35.2 Å². The first-order valence-electron chi connectivity index (χ1n) is 3.87. The molecule has 0 saturated heterocycles. The Labute approximate surface area is 68.7 Å². The van der Waals surface area contributed by atoms with Crippen molar-refractivity contribution in [3.63, 3.8) is 0 Å². The molecular weight excluding hydrogens is 134 g/mol. The highest BCUT2D eigenvalue weighted by molar-refractivity contribution is 5.38. The average Bonchev–Trinajstić information content (AvgIpc) is 2.05. The van der Waals surface area contributed by atoms with Gasteiger partial charge >= 0.3 is 0 Å². The van der Waals surface area contributed by atoms with Gasteiger partial charge in [0, 0.05) is 19.4 Å². The van der Waals surface area contributed by atoms with E-state index in [1.54, 1.807) is 0 Å². The third-order valence-electron chi connectivity index (χ3n) is 2.14. The molecule has 0 unspecified atom stereocenters. The zero-order chi connectivity index (χ0) is 8.43. The van der Waals surface area contributed by atoms with Crippen LogP contribution in [0.2, 0.25) is 0 Å². The second kappa shape index (κ2) is 2.95. The molecule has 1 aliphatic rings. The largest absolute Gasteiger partial charge is 0.357 e. The van der Waals surface area contributed by atoms with E-state index in [1.807, 2.05) is 7.05 Å². The maximum absolute atomic E-state index is 2.16. The van der Waals surface area contributed by atoms with E-state index in [-0.39, 0.29) is 0 Å². The minimum Gasteiger partial charge on any atom is -0.357 e. The Bertz CT molecular complexity index is 244. The number of hydrogen-bond acceptors (Lipinski definition) is 1. The van der Waals surface area contributed by atoms with Gasteiger partial charge in [0.25, 0.3) is 0 Å². The van der Waals surface area contributed by atoms with Crippen molar-refractivity contribution in [3.8, 4) is 0 Å². The number of nitrogens with zero attached hydrogens (tertiary/aromatic N) is 1. The molecule has 1 rings (SSSR count). The van der Waals surface area contributed by atoms with Gasteiger partial charge < -0.3 is 4.90 Å². The maximum Gasteiger partial charge on any atom is 0.0106 e. The van der Waals surface area contributed by atoms with Crippen LogP contribution in [0.4, 0.5) is 0 Å². The summed E-state index contributed by atoms with van der Waals surface area (Å²) in [7, 11) is 2.05. The van der Waals surface area contributed by atoms with Crippen molar-refractivity contribution in [2.75, 3.05) is 7.05 Å². The summed E-state index contributed by atoms with van der Waals surface area (Å²) in [5, 5.41) is 0. The van der Waals surface area contributed by atoms with E-state index in [1.165, 1.54) is 16.7 Å².